The number of aliphatic hydroxyl groups is 1. The van der Waals surface area contributed by atoms with E-state index in [0.29, 0.717) is 29.9 Å². The summed E-state index contributed by atoms with van der Waals surface area (Å²) in [7, 11) is 0. The van der Waals surface area contributed by atoms with Crippen molar-refractivity contribution in [1.82, 2.24) is 15.1 Å². The first-order chi connectivity index (χ1) is 13.9. The van der Waals surface area contributed by atoms with Crippen molar-refractivity contribution >= 4 is 21.8 Å². The van der Waals surface area contributed by atoms with Gasteiger partial charge in [0.05, 0.1) is 6.04 Å². The van der Waals surface area contributed by atoms with E-state index in [1.54, 1.807) is 4.90 Å². The van der Waals surface area contributed by atoms with Crippen LogP contribution in [0.4, 0.5) is 0 Å². The van der Waals surface area contributed by atoms with Crippen molar-refractivity contribution in [3.05, 3.63) is 68.8 Å². The van der Waals surface area contributed by atoms with Crippen molar-refractivity contribution in [3.63, 3.8) is 0 Å². The van der Waals surface area contributed by atoms with E-state index in [1.165, 1.54) is 0 Å². The molecule has 0 radical (unpaired) electrons. The number of carbonyl (C=O) groups excluding carboxylic acids is 1. The number of nitrogens with one attached hydrogen (secondary N) is 1. The van der Waals surface area contributed by atoms with E-state index in [1.807, 2.05) is 50.2 Å². The first kappa shape index (κ1) is 19.7. The maximum Gasteiger partial charge on any atom is 0.273 e. The van der Waals surface area contributed by atoms with E-state index in [2.05, 4.69) is 26.1 Å². The number of aliphatic hydroxyl groups excluding tert-OH is 1. The van der Waals surface area contributed by atoms with Gasteiger partial charge in [0.2, 0.25) is 0 Å². The van der Waals surface area contributed by atoms with Crippen molar-refractivity contribution in [2.24, 2.45) is 0 Å². The van der Waals surface area contributed by atoms with Crippen LogP contribution in [0, 0.1) is 13.8 Å². The lowest BCUT2D eigenvalue weighted by molar-refractivity contribution is 0.0732. The average molecular weight is 456 g/mol. The zero-order valence-corrected chi connectivity index (χ0v) is 17.8. The summed E-state index contributed by atoms with van der Waals surface area (Å²) in [6.07, 6.45) is 0.487. The summed E-state index contributed by atoms with van der Waals surface area (Å²) in [5.41, 5.74) is 5.10. The van der Waals surface area contributed by atoms with Crippen LogP contribution in [-0.4, -0.2) is 44.4 Å². The van der Waals surface area contributed by atoms with Crippen LogP contribution in [0.25, 0.3) is 11.3 Å². The quantitative estimate of drug-likeness (QED) is 0.540. The van der Waals surface area contributed by atoms with Crippen LogP contribution in [0.2, 0.25) is 0 Å². The number of fused-ring (bicyclic) bond motifs is 1. The van der Waals surface area contributed by atoms with Gasteiger partial charge in [-0.1, -0.05) is 34.1 Å². The summed E-state index contributed by atoms with van der Waals surface area (Å²) >= 11 is 3.46. The molecule has 0 saturated carbocycles. The molecule has 0 saturated heterocycles. The normalized spacial score (nSPS) is 15.8. The Labute approximate surface area is 177 Å². The van der Waals surface area contributed by atoms with Crippen molar-refractivity contribution in [3.8, 4) is 17.0 Å². The van der Waals surface area contributed by atoms with Crippen LogP contribution in [0.15, 0.2) is 40.9 Å². The van der Waals surface area contributed by atoms with Gasteiger partial charge in [-0.2, -0.15) is 5.10 Å². The number of phenolic OH excluding ortho intramolecular Hbond substituents is 1. The van der Waals surface area contributed by atoms with Gasteiger partial charge >= 0.3 is 0 Å². The van der Waals surface area contributed by atoms with Crippen LogP contribution in [0.5, 0.6) is 5.75 Å². The first-order valence-corrected chi connectivity index (χ1v) is 10.3. The second-order valence-electron chi connectivity index (χ2n) is 7.37. The van der Waals surface area contributed by atoms with Gasteiger partial charge in [0, 0.05) is 28.8 Å². The van der Waals surface area contributed by atoms with Crippen molar-refractivity contribution in [1.29, 1.82) is 0 Å². The van der Waals surface area contributed by atoms with Crippen LogP contribution in [-0.2, 0) is 0 Å². The lowest BCUT2D eigenvalue weighted by Gasteiger charge is -2.26. The highest BCUT2D eigenvalue weighted by Gasteiger charge is 2.42. The molecule has 1 amide bonds. The Morgan fingerprint density at radius 2 is 1.93 bits per heavy atom. The summed E-state index contributed by atoms with van der Waals surface area (Å²) < 4.78 is 0.951. The number of hydrogen-bond acceptors (Lipinski definition) is 4. The summed E-state index contributed by atoms with van der Waals surface area (Å²) in [6, 6.07) is 11.3. The molecule has 4 rings (SSSR count). The number of carbonyl (C=O) groups is 1. The average Bonchev–Trinajstić information content (AvgIpc) is 3.23. The Morgan fingerprint density at radius 3 is 2.62 bits per heavy atom. The minimum Gasteiger partial charge on any atom is -0.507 e. The molecule has 0 spiro atoms. The number of benzene rings is 2. The van der Waals surface area contributed by atoms with Gasteiger partial charge in [-0.3, -0.25) is 9.89 Å². The maximum atomic E-state index is 13.1. The zero-order chi connectivity index (χ0) is 20.7. The van der Waals surface area contributed by atoms with Crippen molar-refractivity contribution in [2.45, 2.75) is 26.3 Å². The molecule has 0 unspecified atom stereocenters. The third-order valence-electron chi connectivity index (χ3n) is 5.31. The van der Waals surface area contributed by atoms with Crippen molar-refractivity contribution < 1.29 is 15.0 Å². The Hall–Kier alpha value is -2.64. The van der Waals surface area contributed by atoms with Crippen molar-refractivity contribution in [2.75, 3.05) is 13.2 Å². The lowest BCUT2D eigenvalue weighted by atomic mass is 9.94. The predicted octanol–water partition coefficient (Wildman–Crippen LogP) is 4.09. The first-order valence-electron chi connectivity index (χ1n) is 9.48. The molecule has 2 aromatic carbocycles. The third kappa shape index (κ3) is 3.34. The number of aromatic nitrogens is 2. The largest absolute Gasteiger partial charge is 0.507 e. The number of aromatic amines is 1. The third-order valence-corrected chi connectivity index (χ3v) is 5.84. The monoisotopic (exact) mass is 455 g/mol. The van der Waals surface area contributed by atoms with Crippen LogP contribution in [0.1, 0.15) is 45.2 Å². The molecule has 0 fully saturated rings. The molecule has 3 aromatic rings. The highest BCUT2D eigenvalue weighted by Crippen LogP contribution is 2.45. The maximum absolute atomic E-state index is 13.1. The molecule has 3 N–H and O–H groups in total. The molecular formula is C22H22BrN3O3. The van der Waals surface area contributed by atoms with Gasteiger partial charge in [-0.15, -0.1) is 0 Å². The van der Waals surface area contributed by atoms with Gasteiger partial charge in [0.15, 0.2) is 0 Å². The van der Waals surface area contributed by atoms with Gasteiger partial charge < -0.3 is 15.1 Å². The second-order valence-corrected chi connectivity index (χ2v) is 8.28. The number of phenols is 1. The number of halogens is 1. The molecule has 0 aliphatic carbocycles. The molecule has 150 valence electrons. The fourth-order valence-corrected chi connectivity index (χ4v) is 4.27. The fourth-order valence-electron chi connectivity index (χ4n) is 4.01. The molecule has 29 heavy (non-hydrogen) atoms. The number of aromatic hydroxyl groups is 1. The highest BCUT2D eigenvalue weighted by molar-refractivity contribution is 9.10. The van der Waals surface area contributed by atoms with E-state index < -0.39 is 0 Å². The number of amides is 1. The Kier molecular flexibility index (Phi) is 5.19. The smallest absolute Gasteiger partial charge is 0.273 e. The molecule has 2 heterocycles. The number of hydrogen-bond donors (Lipinski definition) is 3. The molecule has 7 heteroatoms. The molecule has 0 bridgehead atoms. The van der Waals surface area contributed by atoms with Crippen LogP contribution >= 0.6 is 15.9 Å². The topological polar surface area (TPSA) is 89.5 Å². The summed E-state index contributed by atoms with van der Waals surface area (Å²) in [5.74, 6) is 0.0182. The molecule has 1 aliphatic rings. The summed E-state index contributed by atoms with van der Waals surface area (Å²) in [4.78, 5) is 14.9. The van der Waals surface area contributed by atoms with E-state index >= 15 is 0 Å². The molecule has 1 aliphatic heterocycles. The fraction of sp³-hybridized carbons (Fsp3) is 0.273. The van der Waals surface area contributed by atoms with Gasteiger partial charge in [-0.25, -0.2) is 0 Å². The van der Waals surface area contributed by atoms with E-state index in [4.69, 9.17) is 0 Å². The lowest BCUT2D eigenvalue weighted by Crippen LogP contribution is -2.31. The zero-order valence-electron chi connectivity index (χ0n) is 16.2. The van der Waals surface area contributed by atoms with Gasteiger partial charge in [0.1, 0.15) is 17.1 Å². The molecular weight excluding hydrogens is 434 g/mol. The Morgan fingerprint density at radius 1 is 1.21 bits per heavy atom. The minimum absolute atomic E-state index is 0.00768. The highest BCUT2D eigenvalue weighted by atomic mass is 79.9. The van der Waals surface area contributed by atoms with Crippen LogP contribution in [0.3, 0.4) is 0 Å². The Balaban J connectivity index is 1.91. The van der Waals surface area contributed by atoms with Gasteiger partial charge in [0.25, 0.3) is 5.91 Å². The predicted molar refractivity (Wildman–Crippen MR) is 114 cm³/mol. The SMILES string of the molecule is Cc1cc(C)c(O)c(-c2n[nH]c3c2[C@@H](c2ccc(Br)cc2)N(CCCO)C3=O)c1. The number of nitrogens with zero attached hydrogens (tertiary/aromatic N) is 2. The number of aryl methyl sites for hydroxylation is 2. The molecule has 1 atom stereocenters. The molecule has 1 aromatic heterocycles. The second kappa shape index (κ2) is 7.65. The number of H-pyrrole nitrogens is 1. The standard InChI is InChI=1S/C22H22BrN3O3/c1-12-10-13(2)21(28)16(11-12)18-17-19(25-24-18)22(29)26(8-3-9-27)20(17)14-4-6-15(23)7-5-14/h4-7,10-11,20,27-28H,3,8-9H2,1-2H3,(H,24,25)/t20-/m1/s1. The summed E-state index contributed by atoms with van der Waals surface area (Å²) in [6.45, 7) is 4.25. The van der Waals surface area contributed by atoms with E-state index in [0.717, 1.165) is 26.7 Å². The van der Waals surface area contributed by atoms with E-state index in [-0.39, 0.29) is 24.3 Å². The van der Waals surface area contributed by atoms with Crippen LogP contribution < -0.4 is 0 Å². The minimum atomic E-state index is -0.342. The van der Waals surface area contributed by atoms with Gasteiger partial charge in [-0.05, 0) is 55.2 Å². The molecule has 6 nitrogen and oxygen atoms in total. The van der Waals surface area contributed by atoms with E-state index in [9.17, 15) is 15.0 Å². The number of rotatable bonds is 5. The summed E-state index contributed by atoms with van der Waals surface area (Å²) in [5, 5.41) is 27.3. The Bertz CT molecular complexity index is 1080.